The van der Waals surface area contributed by atoms with E-state index in [-0.39, 0.29) is 17.5 Å². The van der Waals surface area contributed by atoms with Crippen molar-refractivity contribution in [2.75, 3.05) is 6.61 Å². The summed E-state index contributed by atoms with van der Waals surface area (Å²) in [5.41, 5.74) is -0.852. The number of alkyl halides is 3. The fourth-order valence-corrected chi connectivity index (χ4v) is 3.11. The van der Waals surface area contributed by atoms with Crippen LogP contribution in [0.25, 0.3) is 10.6 Å². The van der Waals surface area contributed by atoms with E-state index in [0.717, 1.165) is 17.8 Å². The molecule has 0 N–H and O–H groups in total. The summed E-state index contributed by atoms with van der Waals surface area (Å²) in [4.78, 5) is 19.9. The second-order valence-electron chi connectivity index (χ2n) is 4.41. The van der Waals surface area contributed by atoms with Crippen LogP contribution in [0, 0.1) is 0 Å². The van der Waals surface area contributed by atoms with Crippen LogP contribution in [0.3, 0.4) is 0 Å². The maximum atomic E-state index is 13.0. The molecule has 4 nitrogen and oxygen atoms in total. The van der Waals surface area contributed by atoms with Gasteiger partial charge >= 0.3 is 12.1 Å². The average Bonchev–Trinajstić information content (AvgIpc) is 3.00. The molecule has 0 aromatic carbocycles. The molecule has 0 saturated carbocycles. The minimum Gasteiger partial charge on any atom is -0.465 e. The lowest BCUT2D eigenvalue weighted by atomic mass is 10.3. The van der Waals surface area contributed by atoms with E-state index in [0.29, 0.717) is 4.88 Å². The van der Waals surface area contributed by atoms with Gasteiger partial charge < -0.3 is 4.74 Å². The SMILES string of the molecule is CCOC(=O)C(C)Sc1nc(-c2cccs2)cc(C(F)(F)F)n1. The second-order valence-corrected chi connectivity index (χ2v) is 6.66. The number of hydrogen-bond acceptors (Lipinski definition) is 6. The topological polar surface area (TPSA) is 52.1 Å². The summed E-state index contributed by atoms with van der Waals surface area (Å²) < 4.78 is 43.9. The molecule has 2 aromatic heterocycles. The van der Waals surface area contributed by atoms with Gasteiger partial charge in [0, 0.05) is 0 Å². The van der Waals surface area contributed by atoms with Crippen LogP contribution < -0.4 is 0 Å². The molecule has 2 rings (SSSR count). The fourth-order valence-electron chi connectivity index (χ4n) is 1.64. The van der Waals surface area contributed by atoms with E-state index in [4.69, 9.17) is 4.74 Å². The zero-order chi connectivity index (χ0) is 17.0. The first-order valence-corrected chi connectivity index (χ1v) is 8.40. The second kappa shape index (κ2) is 7.31. The van der Waals surface area contributed by atoms with Crippen LogP contribution in [-0.2, 0) is 15.7 Å². The summed E-state index contributed by atoms with van der Waals surface area (Å²) in [6.45, 7) is 3.40. The van der Waals surface area contributed by atoms with Crippen LogP contribution in [0.1, 0.15) is 19.5 Å². The minimum atomic E-state index is -4.59. The Kier molecular flexibility index (Phi) is 5.64. The van der Waals surface area contributed by atoms with E-state index < -0.39 is 23.1 Å². The van der Waals surface area contributed by atoms with Crippen molar-refractivity contribution in [2.24, 2.45) is 0 Å². The largest absolute Gasteiger partial charge is 0.465 e. The van der Waals surface area contributed by atoms with Gasteiger partial charge in [-0.1, -0.05) is 17.8 Å². The molecule has 0 aliphatic heterocycles. The van der Waals surface area contributed by atoms with Crippen LogP contribution in [0.2, 0.25) is 0 Å². The molecule has 2 aromatic rings. The molecule has 0 bridgehead atoms. The summed E-state index contributed by atoms with van der Waals surface area (Å²) in [6.07, 6.45) is -4.59. The predicted molar refractivity (Wildman–Crippen MR) is 82.3 cm³/mol. The highest BCUT2D eigenvalue weighted by atomic mass is 32.2. The molecule has 2 heterocycles. The number of esters is 1. The number of thiophene rings is 1. The Bertz CT molecular complexity index is 675. The molecule has 0 aliphatic carbocycles. The van der Waals surface area contributed by atoms with Crippen LogP contribution in [0.5, 0.6) is 0 Å². The molecular formula is C14H13F3N2O2S2. The number of halogens is 3. The average molecular weight is 362 g/mol. The third-order valence-electron chi connectivity index (χ3n) is 2.67. The van der Waals surface area contributed by atoms with Crippen molar-refractivity contribution in [3.8, 4) is 10.6 Å². The van der Waals surface area contributed by atoms with Crippen LogP contribution in [-0.4, -0.2) is 27.8 Å². The maximum Gasteiger partial charge on any atom is 0.433 e. The van der Waals surface area contributed by atoms with Gasteiger partial charge in [-0.2, -0.15) is 13.2 Å². The van der Waals surface area contributed by atoms with Gasteiger partial charge in [0.05, 0.1) is 17.2 Å². The van der Waals surface area contributed by atoms with Crippen LogP contribution in [0.15, 0.2) is 28.7 Å². The lowest BCUT2D eigenvalue weighted by molar-refractivity contribution is -0.142. The van der Waals surface area contributed by atoms with Crippen molar-refractivity contribution in [3.63, 3.8) is 0 Å². The standard InChI is InChI=1S/C14H13F3N2O2S2/c1-3-21-12(20)8(2)23-13-18-9(10-5-4-6-22-10)7-11(19-13)14(15,16)17/h4-8H,3H2,1-2H3. The zero-order valence-corrected chi connectivity index (χ0v) is 13.9. The van der Waals surface area contributed by atoms with Gasteiger partial charge in [0.2, 0.25) is 0 Å². The number of carbonyl (C=O) groups excluding carboxylic acids is 1. The Morgan fingerprint density at radius 1 is 1.43 bits per heavy atom. The van der Waals surface area contributed by atoms with Crippen molar-refractivity contribution in [2.45, 2.75) is 30.4 Å². The molecular weight excluding hydrogens is 349 g/mol. The third-order valence-corrected chi connectivity index (χ3v) is 4.50. The summed E-state index contributed by atoms with van der Waals surface area (Å²) in [6, 6.07) is 4.31. The molecule has 23 heavy (non-hydrogen) atoms. The maximum absolute atomic E-state index is 13.0. The predicted octanol–water partition coefficient (Wildman–Crippen LogP) is 4.27. The number of carbonyl (C=O) groups is 1. The van der Waals surface area contributed by atoms with Gasteiger partial charge in [-0.05, 0) is 31.4 Å². The molecule has 124 valence electrons. The zero-order valence-electron chi connectivity index (χ0n) is 12.3. The van der Waals surface area contributed by atoms with Crippen molar-refractivity contribution in [1.29, 1.82) is 0 Å². The number of hydrogen-bond donors (Lipinski definition) is 0. The molecule has 1 unspecified atom stereocenters. The van der Waals surface area contributed by atoms with E-state index in [1.807, 2.05) is 0 Å². The van der Waals surface area contributed by atoms with Crippen LogP contribution >= 0.6 is 23.1 Å². The van der Waals surface area contributed by atoms with Crippen molar-refractivity contribution in [3.05, 3.63) is 29.3 Å². The molecule has 0 saturated heterocycles. The molecule has 0 aliphatic rings. The highest BCUT2D eigenvalue weighted by Crippen LogP contribution is 2.34. The molecule has 0 amide bonds. The Morgan fingerprint density at radius 2 is 2.17 bits per heavy atom. The van der Waals surface area contributed by atoms with E-state index in [1.54, 1.807) is 24.4 Å². The number of aromatic nitrogens is 2. The van der Waals surface area contributed by atoms with Crippen molar-refractivity contribution >= 4 is 29.1 Å². The normalized spacial score (nSPS) is 12.9. The lowest BCUT2D eigenvalue weighted by Gasteiger charge is -2.12. The number of thioether (sulfide) groups is 1. The molecule has 0 radical (unpaired) electrons. The molecule has 0 spiro atoms. The van der Waals surface area contributed by atoms with Gasteiger partial charge in [0.1, 0.15) is 10.9 Å². The highest BCUT2D eigenvalue weighted by Gasteiger charge is 2.34. The first-order valence-electron chi connectivity index (χ1n) is 6.64. The molecule has 0 fully saturated rings. The van der Waals surface area contributed by atoms with Gasteiger partial charge in [-0.25, -0.2) is 9.97 Å². The fraction of sp³-hybridized carbons (Fsp3) is 0.357. The van der Waals surface area contributed by atoms with Crippen molar-refractivity contribution in [1.82, 2.24) is 9.97 Å². The van der Waals surface area contributed by atoms with Gasteiger partial charge in [0.15, 0.2) is 5.16 Å². The van der Waals surface area contributed by atoms with E-state index >= 15 is 0 Å². The monoisotopic (exact) mass is 362 g/mol. The van der Waals surface area contributed by atoms with Gasteiger partial charge in [-0.3, -0.25) is 4.79 Å². The number of ether oxygens (including phenoxy) is 1. The summed E-state index contributed by atoms with van der Waals surface area (Å²) in [5, 5.41) is 0.942. The quantitative estimate of drug-likeness (QED) is 0.452. The summed E-state index contributed by atoms with van der Waals surface area (Å²) in [7, 11) is 0. The summed E-state index contributed by atoms with van der Waals surface area (Å²) in [5.74, 6) is -0.517. The highest BCUT2D eigenvalue weighted by molar-refractivity contribution is 8.00. The Hall–Kier alpha value is -1.61. The lowest BCUT2D eigenvalue weighted by Crippen LogP contribution is -2.18. The van der Waals surface area contributed by atoms with E-state index in [2.05, 4.69) is 9.97 Å². The van der Waals surface area contributed by atoms with Crippen LogP contribution in [0.4, 0.5) is 13.2 Å². The smallest absolute Gasteiger partial charge is 0.433 e. The van der Waals surface area contributed by atoms with Gasteiger partial charge in [0.25, 0.3) is 0 Å². The first kappa shape index (κ1) is 17.7. The first-order chi connectivity index (χ1) is 10.8. The Morgan fingerprint density at radius 3 is 2.74 bits per heavy atom. The molecule has 9 heteroatoms. The summed E-state index contributed by atoms with van der Waals surface area (Å²) >= 11 is 2.12. The minimum absolute atomic E-state index is 0.108. The van der Waals surface area contributed by atoms with E-state index in [9.17, 15) is 18.0 Å². The number of nitrogens with zero attached hydrogens (tertiary/aromatic N) is 2. The Labute approximate surface area is 139 Å². The number of rotatable bonds is 5. The molecule has 1 atom stereocenters. The van der Waals surface area contributed by atoms with Gasteiger partial charge in [-0.15, -0.1) is 11.3 Å². The van der Waals surface area contributed by atoms with E-state index in [1.165, 1.54) is 18.3 Å². The van der Waals surface area contributed by atoms with Crippen molar-refractivity contribution < 1.29 is 22.7 Å². The Balaban J connectivity index is 2.35. The third kappa shape index (κ3) is 4.68.